The van der Waals surface area contributed by atoms with Crippen molar-refractivity contribution in [2.75, 3.05) is 0 Å². The number of rotatable bonds is 3. The molecule has 15 heavy (non-hydrogen) atoms. The second-order valence-corrected chi connectivity index (χ2v) is 4.10. The highest BCUT2D eigenvalue weighted by Gasteiger charge is 2.26. The van der Waals surface area contributed by atoms with E-state index in [1.165, 1.54) is 18.4 Å². The number of benzene rings is 1. The molecule has 3 rings (SSSR count). The van der Waals surface area contributed by atoms with Crippen molar-refractivity contribution in [1.29, 1.82) is 0 Å². The van der Waals surface area contributed by atoms with E-state index in [2.05, 4.69) is 28.6 Å². The normalized spacial score (nSPS) is 15.5. The summed E-state index contributed by atoms with van der Waals surface area (Å²) in [6.45, 7) is 0.820. The van der Waals surface area contributed by atoms with Gasteiger partial charge in [0.15, 0.2) is 0 Å². The van der Waals surface area contributed by atoms with Crippen LogP contribution in [0.25, 0.3) is 0 Å². The number of hydrogen-bond donors (Lipinski definition) is 0. The van der Waals surface area contributed by atoms with Gasteiger partial charge in [0.1, 0.15) is 0 Å². The Kier molecular flexibility index (Phi) is 2.02. The third-order valence-electron chi connectivity index (χ3n) is 2.74. The van der Waals surface area contributed by atoms with E-state index in [1.807, 2.05) is 22.9 Å². The van der Waals surface area contributed by atoms with Crippen LogP contribution >= 0.6 is 0 Å². The molecular weight excluding hydrogens is 186 g/mol. The zero-order valence-electron chi connectivity index (χ0n) is 8.50. The molecule has 0 N–H and O–H groups in total. The molecule has 3 nitrogen and oxygen atoms in total. The number of hydrogen-bond acceptors (Lipinski definition) is 2. The minimum absolute atomic E-state index is 0.689. The van der Waals surface area contributed by atoms with Gasteiger partial charge in [-0.25, -0.2) is 4.68 Å². The van der Waals surface area contributed by atoms with Gasteiger partial charge in [0.2, 0.25) is 0 Å². The molecule has 1 aliphatic rings. The topological polar surface area (TPSA) is 30.7 Å². The molecule has 0 unspecified atom stereocenters. The van der Waals surface area contributed by atoms with E-state index in [0.717, 1.165) is 12.2 Å². The van der Waals surface area contributed by atoms with Crippen LogP contribution in [0.15, 0.2) is 36.5 Å². The summed E-state index contributed by atoms with van der Waals surface area (Å²) in [6, 6.07) is 10.3. The highest BCUT2D eigenvalue weighted by atomic mass is 15.4. The van der Waals surface area contributed by atoms with Crippen molar-refractivity contribution in [3.63, 3.8) is 0 Å². The summed E-state index contributed by atoms with van der Waals surface area (Å²) >= 11 is 0. The van der Waals surface area contributed by atoms with Gasteiger partial charge in [0.05, 0.1) is 12.2 Å². The van der Waals surface area contributed by atoms with Crippen LogP contribution in [0.1, 0.15) is 30.0 Å². The molecule has 0 bridgehead atoms. The third kappa shape index (κ3) is 1.91. The van der Waals surface area contributed by atoms with Gasteiger partial charge in [0.25, 0.3) is 0 Å². The summed E-state index contributed by atoms with van der Waals surface area (Å²) in [5, 5.41) is 8.33. The molecule has 1 saturated carbocycles. The lowest BCUT2D eigenvalue weighted by molar-refractivity contribution is 0.649. The minimum Gasteiger partial charge on any atom is -0.248 e. The van der Waals surface area contributed by atoms with Gasteiger partial charge in [-0.1, -0.05) is 35.5 Å². The van der Waals surface area contributed by atoms with Crippen LogP contribution in [-0.4, -0.2) is 15.0 Å². The number of aromatic nitrogens is 3. The Morgan fingerprint density at radius 2 is 2.00 bits per heavy atom. The Morgan fingerprint density at radius 1 is 1.20 bits per heavy atom. The maximum atomic E-state index is 4.19. The summed E-state index contributed by atoms with van der Waals surface area (Å²) in [5.74, 6) is 0.689. The van der Waals surface area contributed by atoms with Crippen LogP contribution in [0.2, 0.25) is 0 Å². The first-order valence-corrected chi connectivity index (χ1v) is 5.36. The van der Waals surface area contributed by atoms with E-state index in [0.29, 0.717) is 5.92 Å². The fourth-order valence-electron chi connectivity index (χ4n) is 1.73. The average Bonchev–Trinajstić information content (AvgIpc) is 3.02. The maximum absolute atomic E-state index is 4.19. The van der Waals surface area contributed by atoms with Crippen LogP contribution in [0.4, 0.5) is 0 Å². The Balaban J connectivity index is 1.76. The van der Waals surface area contributed by atoms with Crippen molar-refractivity contribution in [3.8, 4) is 0 Å². The molecule has 3 heteroatoms. The van der Waals surface area contributed by atoms with Crippen molar-refractivity contribution < 1.29 is 0 Å². The van der Waals surface area contributed by atoms with E-state index < -0.39 is 0 Å². The van der Waals surface area contributed by atoms with Crippen LogP contribution < -0.4 is 0 Å². The summed E-state index contributed by atoms with van der Waals surface area (Å²) in [5.41, 5.74) is 2.43. The maximum Gasteiger partial charge on any atom is 0.0858 e. The Labute approximate surface area is 88.7 Å². The van der Waals surface area contributed by atoms with Crippen molar-refractivity contribution in [1.82, 2.24) is 15.0 Å². The average molecular weight is 199 g/mol. The lowest BCUT2D eigenvalue weighted by Crippen LogP contribution is -1.99. The van der Waals surface area contributed by atoms with Gasteiger partial charge >= 0.3 is 0 Å². The summed E-state index contributed by atoms with van der Waals surface area (Å²) < 4.78 is 1.92. The van der Waals surface area contributed by atoms with E-state index >= 15 is 0 Å². The summed E-state index contributed by atoms with van der Waals surface area (Å²) in [4.78, 5) is 0. The molecule has 76 valence electrons. The van der Waals surface area contributed by atoms with Gasteiger partial charge in [-0.05, 0) is 18.4 Å². The number of nitrogens with zero attached hydrogens (tertiary/aromatic N) is 3. The molecule has 1 fully saturated rings. The zero-order valence-corrected chi connectivity index (χ0v) is 8.50. The molecule has 0 aliphatic heterocycles. The van der Waals surface area contributed by atoms with Gasteiger partial charge < -0.3 is 0 Å². The molecule has 0 radical (unpaired) electrons. The molecule has 0 saturated heterocycles. The third-order valence-corrected chi connectivity index (χ3v) is 2.74. The molecule has 0 atom stereocenters. The molecule has 1 aliphatic carbocycles. The molecule has 1 aromatic heterocycles. The predicted octanol–water partition coefficient (Wildman–Crippen LogP) is 2.20. The monoisotopic (exact) mass is 199 g/mol. The SMILES string of the molecule is c1ccc(Cn2cc(C3CC3)nn2)cc1. The first-order chi connectivity index (χ1) is 7.42. The first-order valence-electron chi connectivity index (χ1n) is 5.36. The predicted molar refractivity (Wildman–Crippen MR) is 57.5 cm³/mol. The van der Waals surface area contributed by atoms with Crippen molar-refractivity contribution >= 4 is 0 Å². The van der Waals surface area contributed by atoms with E-state index in [-0.39, 0.29) is 0 Å². The van der Waals surface area contributed by atoms with Crippen molar-refractivity contribution in [3.05, 3.63) is 47.8 Å². The largest absolute Gasteiger partial charge is 0.248 e. The van der Waals surface area contributed by atoms with Gasteiger partial charge in [-0.2, -0.15) is 0 Å². The molecule has 2 aromatic rings. The zero-order chi connectivity index (χ0) is 10.1. The first kappa shape index (κ1) is 8.65. The molecular formula is C12H13N3. The van der Waals surface area contributed by atoms with E-state index in [9.17, 15) is 0 Å². The van der Waals surface area contributed by atoms with Crippen LogP contribution in [0, 0.1) is 0 Å². The second-order valence-electron chi connectivity index (χ2n) is 4.10. The summed E-state index contributed by atoms with van der Waals surface area (Å²) in [6.07, 6.45) is 4.64. The van der Waals surface area contributed by atoms with Crippen LogP contribution in [0.5, 0.6) is 0 Å². The van der Waals surface area contributed by atoms with Gasteiger partial charge in [0, 0.05) is 12.1 Å². The summed E-state index contributed by atoms with van der Waals surface area (Å²) in [7, 11) is 0. The van der Waals surface area contributed by atoms with Crippen molar-refractivity contribution in [2.24, 2.45) is 0 Å². The lowest BCUT2D eigenvalue weighted by atomic mass is 10.2. The minimum atomic E-state index is 0.689. The van der Waals surface area contributed by atoms with E-state index in [1.54, 1.807) is 0 Å². The van der Waals surface area contributed by atoms with Crippen LogP contribution in [0.3, 0.4) is 0 Å². The highest BCUT2D eigenvalue weighted by molar-refractivity contribution is 5.15. The molecule has 0 spiro atoms. The Hall–Kier alpha value is -1.64. The lowest BCUT2D eigenvalue weighted by Gasteiger charge is -1.99. The smallest absolute Gasteiger partial charge is 0.0858 e. The fourth-order valence-corrected chi connectivity index (χ4v) is 1.73. The quantitative estimate of drug-likeness (QED) is 0.758. The highest BCUT2D eigenvalue weighted by Crippen LogP contribution is 2.38. The fraction of sp³-hybridized carbons (Fsp3) is 0.333. The Bertz CT molecular complexity index is 443. The molecule has 0 amide bonds. The second kappa shape index (κ2) is 3.50. The van der Waals surface area contributed by atoms with Crippen molar-refractivity contribution in [2.45, 2.75) is 25.3 Å². The van der Waals surface area contributed by atoms with E-state index in [4.69, 9.17) is 0 Å². The van der Waals surface area contributed by atoms with Gasteiger partial charge in [-0.15, -0.1) is 5.10 Å². The molecule has 1 heterocycles. The molecule has 1 aromatic carbocycles. The van der Waals surface area contributed by atoms with Gasteiger partial charge in [-0.3, -0.25) is 0 Å². The Morgan fingerprint density at radius 3 is 2.73 bits per heavy atom. The van der Waals surface area contributed by atoms with Crippen LogP contribution in [-0.2, 0) is 6.54 Å². The standard InChI is InChI=1S/C12H13N3/c1-2-4-10(5-3-1)8-15-9-12(13-14-15)11-6-7-11/h1-5,9,11H,6-8H2.